The van der Waals surface area contributed by atoms with Gasteiger partial charge in [0.1, 0.15) is 11.6 Å². The Kier molecular flexibility index (Phi) is 9.55. The van der Waals surface area contributed by atoms with E-state index in [9.17, 15) is 4.79 Å². The maximum absolute atomic E-state index is 15.5. The maximum atomic E-state index is 15.5. The van der Waals surface area contributed by atoms with Crippen molar-refractivity contribution < 1.29 is 23.4 Å². The van der Waals surface area contributed by atoms with E-state index in [1.54, 1.807) is 31.9 Å². The Morgan fingerprint density at radius 3 is 2.40 bits per heavy atom. The zero-order valence-corrected chi connectivity index (χ0v) is 24.3. The number of aryl methyl sites for hydroxylation is 1. The quantitative estimate of drug-likeness (QED) is 0.399. The van der Waals surface area contributed by atoms with Crippen molar-refractivity contribution in [1.82, 2.24) is 9.80 Å². The SMILES string of the molecule is CCCCc1cc(/C=C/N2Cc3cc(OCC)c(OCC)c(F)c3C2=N)cc(N2CCN(C(C)=O)CC2)c1OC. The maximum Gasteiger partial charge on any atom is 0.219 e. The molecule has 2 aromatic rings. The molecule has 40 heavy (non-hydrogen) atoms. The molecule has 0 atom stereocenters. The van der Waals surface area contributed by atoms with Gasteiger partial charge in [0.15, 0.2) is 17.3 Å². The Labute approximate surface area is 236 Å². The highest BCUT2D eigenvalue weighted by atomic mass is 19.1. The van der Waals surface area contributed by atoms with E-state index in [0.29, 0.717) is 44.2 Å². The first-order valence-corrected chi connectivity index (χ1v) is 14.2. The number of amides is 1. The van der Waals surface area contributed by atoms with E-state index in [2.05, 4.69) is 24.0 Å². The van der Waals surface area contributed by atoms with Gasteiger partial charge in [-0.15, -0.1) is 0 Å². The summed E-state index contributed by atoms with van der Waals surface area (Å²) >= 11 is 0. The lowest BCUT2D eigenvalue weighted by Gasteiger charge is -2.36. The van der Waals surface area contributed by atoms with E-state index in [0.717, 1.165) is 54.9 Å². The van der Waals surface area contributed by atoms with E-state index in [1.165, 1.54) is 0 Å². The molecule has 1 fully saturated rings. The smallest absolute Gasteiger partial charge is 0.219 e. The summed E-state index contributed by atoms with van der Waals surface area (Å²) in [4.78, 5) is 17.7. The lowest BCUT2D eigenvalue weighted by Crippen LogP contribution is -2.48. The number of hydrogen-bond acceptors (Lipinski definition) is 6. The molecule has 4 rings (SSSR count). The number of rotatable bonds is 11. The van der Waals surface area contributed by atoms with Crippen LogP contribution in [-0.4, -0.2) is 68.0 Å². The largest absolute Gasteiger partial charge is 0.494 e. The van der Waals surface area contributed by atoms with Crippen molar-refractivity contribution in [3.63, 3.8) is 0 Å². The first-order valence-electron chi connectivity index (χ1n) is 14.2. The predicted molar refractivity (Wildman–Crippen MR) is 156 cm³/mol. The number of ether oxygens (including phenoxy) is 3. The van der Waals surface area contributed by atoms with E-state index in [1.807, 2.05) is 24.1 Å². The average molecular weight is 553 g/mol. The molecule has 216 valence electrons. The Bertz CT molecular complexity index is 1270. The van der Waals surface area contributed by atoms with Crippen LogP contribution in [0.15, 0.2) is 24.4 Å². The van der Waals surface area contributed by atoms with Crippen LogP contribution in [0.3, 0.4) is 0 Å². The summed E-state index contributed by atoms with van der Waals surface area (Å²) in [6, 6.07) is 6.01. The molecular formula is C31H41FN4O4. The molecule has 0 saturated carbocycles. The molecule has 0 aliphatic carbocycles. The fraction of sp³-hybridized carbons (Fsp3) is 0.484. The molecule has 2 aromatic carbocycles. The lowest BCUT2D eigenvalue weighted by molar-refractivity contribution is -0.129. The second kappa shape index (κ2) is 13.1. The van der Waals surface area contributed by atoms with Gasteiger partial charge < -0.3 is 28.9 Å². The number of hydrogen-bond donors (Lipinski definition) is 1. The monoisotopic (exact) mass is 552 g/mol. The highest BCUT2D eigenvalue weighted by Crippen LogP contribution is 2.40. The van der Waals surface area contributed by atoms with Crippen LogP contribution in [-0.2, 0) is 17.8 Å². The van der Waals surface area contributed by atoms with E-state index >= 15 is 4.39 Å². The number of methoxy groups -OCH3 is 1. The number of halogens is 1. The molecule has 0 aromatic heterocycles. The zero-order valence-electron chi connectivity index (χ0n) is 24.3. The van der Waals surface area contributed by atoms with Gasteiger partial charge in [0.25, 0.3) is 0 Å². The third kappa shape index (κ3) is 6.03. The third-order valence-corrected chi connectivity index (χ3v) is 7.41. The highest BCUT2D eigenvalue weighted by molar-refractivity contribution is 6.02. The second-order valence-corrected chi connectivity index (χ2v) is 10.0. The summed E-state index contributed by atoms with van der Waals surface area (Å²) in [5.74, 6) is 0.930. The summed E-state index contributed by atoms with van der Waals surface area (Å²) in [7, 11) is 1.71. The van der Waals surface area contributed by atoms with Crippen LogP contribution in [0.2, 0.25) is 0 Å². The van der Waals surface area contributed by atoms with Crippen molar-refractivity contribution in [2.24, 2.45) is 0 Å². The van der Waals surface area contributed by atoms with Gasteiger partial charge in [0.2, 0.25) is 5.91 Å². The van der Waals surface area contributed by atoms with Gasteiger partial charge >= 0.3 is 0 Å². The number of unbranched alkanes of at least 4 members (excludes halogenated alkanes) is 1. The molecule has 0 spiro atoms. The van der Waals surface area contributed by atoms with Crippen LogP contribution in [0.1, 0.15) is 62.8 Å². The van der Waals surface area contributed by atoms with Gasteiger partial charge in [-0.05, 0) is 67.7 Å². The number of benzene rings is 2. The number of nitrogens with zero attached hydrogens (tertiary/aromatic N) is 3. The number of carbonyl (C=O) groups excluding carboxylic acids is 1. The van der Waals surface area contributed by atoms with Gasteiger partial charge in [-0.3, -0.25) is 10.2 Å². The minimum atomic E-state index is -0.554. The van der Waals surface area contributed by atoms with Gasteiger partial charge in [-0.1, -0.05) is 13.3 Å². The molecule has 2 aliphatic heterocycles. The van der Waals surface area contributed by atoms with Crippen LogP contribution in [0, 0.1) is 11.2 Å². The predicted octanol–water partition coefficient (Wildman–Crippen LogP) is 5.45. The average Bonchev–Trinajstić information content (AvgIpc) is 3.27. The van der Waals surface area contributed by atoms with Gasteiger partial charge in [-0.2, -0.15) is 0 Å². The summed E-state index contributed by atoms with van der Waals surface area (Å²) in [6.07, 6.45) is 6.80. The Morgan fingerprint density at radius 1 is 1.05 bits per heavy atom. The Morgan fingerprint density at radius 2 is 1.77 bits per heavy atom. The normalized spacial score (nSPS) is 15.2. The summed E-state index contributed by atoms with van der Waals surface area (Å²) in [6.45, 7) is 11.3. The lowest BCUT2D eigenvalue weighted by atomic mass is 10.0. The van der Waals surface area contributed by atoms with Crippen LogP contribution >= 0.6 is 0 Å². The first kappa shape index (κ1) is 29.2. The number of fused-ring (bicyclic) bond motifs is 1. The molecular weight excluding hydrogens is 511 g/mol. The standard InChI is InChI=1S/C31H41FN4O4/c1-6-9-10-23-17-22(18-25(29(23)38-5)35-15-13-34(14-16-35)21(4)37)11-12-36-20-24-19-26(39-7-2)30(40-8-3)28(32)27(24)31(36)33/h11-12,17-19,33H,6-10,13-16,20H2,1-5H3/b12-11+,33-31?. The van der Waals surface area contributed by atoms with Crippen molar-refractivity contribution >= 4 is 23.5 Å². The van der Waals surface area contributed by atoms with Crippen molar-refractivity contribution in [2.75, 3.05) is 51.4 Å². The van der Waals surface area contributed by atoms with E-state index in [4.69, 9.17) is 19.6 Å². The summed E-state index contributed by atoms with van der Waals surface area (Å²) in [5, 5.41) is 8.73. The summed E-state index contributed by atoms with van der Waals surface area (Å²) < 4.78 is 32.6. The number of amidine groups is 1. The molecule has 1 N–H and O–H groups in total. The topological polar surface area (TPSA) is 78.3 Å². The van der Waals surface area contributed by atoms with Crippen molar-refractivity contribution in [1.29, 1.82) is 5.41 Å². The van der Waals surface area contributed by atoms with E-state index in [-0.39, 0.29) is 23.1 Å². The van der Waals surface area contributed by atoms with Gasteiger partial charge in [-0.25, -0.2) is 4.39 Å². The molecule has 0 bridgehead atoms. The fourth-order valence-electron chi connectivity index (χ4n) is 5.37. The zero-order chi connectivity index (χ0) is 28.8. The molecule has 9 heteroatoms. The highest BCUT2D eigenvalue weighted by Gasteiger charge is 2.31. The number of anilines is 1. The number of piperazine rings is 1. The summed E-state index contributed by atoms with van der Waals surface area (Å²) in [5.41, 5.74) is 4.06. The second-order valence-electron chi connectivity index (χ2n) is 10.0. The first-order chi connectivity index (χ1) is 19.3. The van der Waals surface area contributed by atoms with Crippen LogP contribution < -0.4 is 19.1 Å². The third-order valence-electron chi connectivity index (χ3n) is 7.41. The van der Waals surface area contributed by atoms with Crippen molar-refractivity contribution in [2.45, 2.75) is 53.5 Å². The van der Waals surface area contributed by atoms with Gasteiger partial charge in [0, 0.05) is 45.8 Å². The molecule has 0 radical (unpaired) electrons. The minimum Gasteiger partial charge on any atom is -0.494 e. The molecule has 8 nitrogen and oxygen atoms in total. The molecule has 2 heterocycles. The van der Waals surface area contributed by atoms with Gasteiger partial charge in [0.05, 0.1) is 31.6 Å². The number of nitrogens with one attached hydrogen (secondary N) is 1. The number of carbonyl (C=O) groups is 1. The molecule has 1 saturated heterocycles. The van der Waals surface area contributed by atoms with Crippen molar-refractivity contribution in [3.8, 4) is 17.2 Å². The van der Waals surface area contributed by atoms with E-state index < -0.39 is 5.82 Å². The van der Waals surface area contributed by atoms with Crippen LogP contribution in [0.25, 0.3) is 6.08 Å². The molecule has 2 aliphatic rings. The fourth-order valence-corrected chi connectivity index (χ4v) is 5.37. The molecule has 1 amide bonds. The minimum absolute atomic E-state index is 0.0592. The Hall–Kier alpha value is -3.75. The Balaban J connectivity index is 1.64. The molecule has 0 unspecified atom stereocenters. The van der Waals surface area contributed by atoms with Crippen LogP contribution in [0.4, 0.5) is 10.1 Å². The van der Waals surface area contributed by atoms with Crippen molar-refractivity contribution in [3.05, 3.63) is 52.5 Å². The van der Waals surface area contributed by atoms with Crippen LogP contribution in [0.5, 0.6) is 17.2 Å².